The molecule has 0 spiro atoms. The highest BCUT2D eigenvalue weighted by atomic mass is 32.1. The van der Waals surface area contributed by atoms with E-state index in [9.17, 15) is 9.59 Å². The second-order valence-electron chi connectivity index (χ2n) is 14.0. The van der Waals surface area contributed by atoms with E-state index in [0.29, 0.717) is 43.2 Å². The Morgan fingerprint density at radius 2 is 1.85 bits per heavy atom. The summed E-state index contributed by atoms with van der Waals surface area (Å²) in [5.74, 6) is 0.526. The molecule has 0 unspecified atom stereocenters. The monoisotopic (exact) mass is 711 g/mol. The van der Waals surface area contributed by atoms with E-state index in [4.69, 9.17) is 19.2 Å². The highest BCUT2D eigenvalue weighted by Crippen LogP contribution is 2.39. The standard InChI is InChI=1S/C33H45N7O5S2Si/c1-10-44-29(41)26-27(22-18-39(19-22)32(42)45-33(3,4)5)47-30(34-26)38(6)25-17-21(2)28(37-36-25)35-31-40(20-43-15-16-48(7,8)9)23-13-11-12-14-24(23)46-31/h11-14,17,22H,10,15-16,18-20H2,1-9H3. The molecular formula is C33H45N7O5S2Si. The second kappa shape index (κ2) is 14.4. The molecule has 0 atom stereocenters. The molecule has 3 aromatic heterocycles. The van der Waals surface area contributed by atoms with E-state index in [1.54, 1.807) is 28.1 Å². The zero-order chi connectivity index (χ0) is 34.8. The van der Waals surface area contributed by atoms with Crippen LogP contribution in [0, 0.1) is 6.92 Å². The maximum Gasteiger partial charge on any atom is 0.410 e. The summed E-state index contributed by atoms with van der Waals surface area (Å²) >= 11 is 2.97. The number of carbonyl (C=O) groups is 2. The number of benzene rings is 1. The van der Waals surface area contributed by atoms with E-state index in [1.165, 1.54) is 11.3 Å². The van der Waals surface area contributed by atoms with Gasteiger partial charge in [0.1, 0.15) is 12.3 Å². The first-order valence-corrected chi connectivity index (χ1v) is 21.4. The molecule has 12 nitrogen and oxygen atoms in total. The Hall–Kier alpha value is -3.66. The van der Waals surface area contributed by atoms with Crippen LogP contribution >= 0.6 is 22.7 Å². The van der Waals surface area contributed by atoms with Crippen molar-refractivity contribution in [2.24, 2.45) is 4.99 Å². The van der Waals surface area contributed by atoms with Crippen molar-refractivity contribution < 1.29 is 23.8 Å². The fourth-order valence-electron chi connectivity index (χ4n) is 4.90. The van der Waals surface area contributed by atoms with E-state index >= 15 is 0 Å². The van der Waals surface area contributed by atoms with Gasteiger partial charge < -0.3 is 24.0 Å². The molecule has 1 aliphatic rings. The first kappa shape index (κ1) is 35.6. The Morgan fingerprint density at radius 3 is 2.52 bits per heavy atom. The van der Waals surface area contributed by atoms with Crippen molar-refractivity contribution in [3.8, 4) is 0 Å². The van der Waals surface area contributed by atoms with Crippen LogP contribution in [-0.4, -0.2) is 83.7 Å². The molecule has 1 saturated heterocycles. The first-order valence-electron chi connectivity index (χ1n) is 16.1. The van der Waals surface area contributed by atoms with Crippen molar-refractivity contribution >= 4 is 69.8 Å². The number of likely N-dealkylation sites (tertiary alicyclic amines) is 1. The van der Waals surface area contributed by atoms with Gasteiger partial charge in [0, 0.05) is 45.6 Å². The molecule has 0 aliphatic carbocycles. The number of hydrogen-bond acceptors (Lipinski definition) is 12. The van der Waals surface area contributed by atoms with Crippen LogP contribution in [0.25, 0.3) is 10.2 Å². The number of rotatable bonds is 11. The minimum absolute atomic E-state index is 0.0573. The average molecular weight is 712 g/mol. The molecule has 4 heterocycles. The molecule has 258 valence electrons. The zero-order valence-electron chi connectivity index (χ0n) is 29.2. The number of ether oxygens (including phenoxy) is 3. The Bertz CT molecular complexity index is 1850. The minimum Gasteiger partial charge on any atom is -0.461 e. The van der Waals surface area contributed by atoms with Crippen LogP contribution in [0.4, 0.5) is 21.6 Å². The van der Waals surface area contributed by atoms with E-state index in [0.717, 1.165) is 31.5 Å². The normalized spacial score (nSPS) is 14.4. The lowest BCUT2D eigenvalue weighted by Gasteiger charge is -2.39. The number of carbonyl (C=O) groups excluding carboxylic acids is 2. The third kappa shape index (κ3) is 8.48. The van der Waals surface area contributed by atoms with Gasteiger partial charge in [0.2, 0.25) is 0 Å². The number of amides is 1. The molecule has 0 saturated carbocycles. The fraction of sp³-hybridized carbons (Fsp3) is 0.515. The Labute approximate surface area is 290 Å². The van der Waals surface area contributed by atoms with Crippen LogP contribution in [0.1, 0.15) is 54.5 Å². The van der Waals surface area contributed by atoms with Gasteiger partial charge in [-0.15, -0.1) is 21.5 Å². The summed E-state index contributed by atoms with van der Waals surface area (Å²) in [5, 5.41) is 9.57. The van der Waals surface area contributed by atoms with Crippen LogP contribution < -0.4 is 9.70 Å². The first-order chi connectivity index (χ1) is 22.6. The maximum absolute atomic E-state index is 12.9. The van der Waals surface area contributed by atoms with Crippen molar-refractivity contribution in [1.29, 1.82) is 0 Å². The number of fused-ring (bicyclic) bond motifs is 1. The predicted octanol–water partition coefficient (Wildman–Crippen LogP) is 7.08. The highest BCUT2D eigenvalue weighted by molar-refractivity contribution is 7.16. The van der Waals surface area contributed by atoms with E-state index in [1.807, 2.05) is 52.9 Å². The van der Waals surface area contributed by atoms with Gasteiger partial charge in [0.25, 0.3) is 0 Å². The molecule has 0 N–H and O–H groups in total. The molecular weight excluding hydrogens is 667 g/mol. The summed E-state index contributed by atoms with van der Waals surface area (Å²) in [6, 6.07) is 11.2. The Kier molecular flexibility index (Phi) is 10.7. The fourth-order valence-corrected chi connectivity index (χ4v) is 7.78. The maximum atomic E-state index is 12.9. The largest absolute Gasteiger partial charge is 0.461 e. The zero-order valence-corrected chi connectivity index (χ0v) is 31.8. The summed E-state index contributed by atoms with van der Waals surface area (Å²) in [7, 11) is 0.629. The quantitative estimate of drug-likeness (QED) is 0.0912. The number of hydrogen-bond donors (Lipinski definition) is 0. The lowest BCUT2D eigenvalue weighted by Crippen LogP contribution is -2.50. The van der Waals surface area contributed by atoms with Gasteiger partial charge in [0.05, 0.1) is 16.8 Å². The summed E-state index contributed by atoms with van der Waals surface area (Å²) in [5.41, 5.74) is 1.58. The van der Waals surface area contributed by atoms with Gasteiger partial charge >= 0.3 is 12.1 Å². The molecule has 1 amide bonds. The van der Waals surface area contributed by atoms with Crippen LogP contribution in [0.2, 0.25) is 25.7 Å². The van der Waals surface area contributed by atoms with Gasteiger partial charge in [-0.1, -0.05) is 43.1 Å². The Balaban J connectivity index is 1.38. The molecule has 5 rings (SSSR count). The van der Waals surface area contributed by atoms with E-state index < -0.39 is 19.6 Å². The van der Waals surface area contributed by atoms with Gasteiger partial charge in [-0.05, 0) is 64.4 Å². The summed E-state index contributed by atoms with van der Waals surface area (Å²) in [6.07, 6.45) is -0.370. The van der Waals surface area contributed by atoms with Crippen molar-refractivity contribution in [1.82, 2.24) is 24.6 Å². The number of esters is 1. The molecule has 48 heavy (non-hydrogen) atoms. The number of thiazole rings is 2. The molecule has 0 bridgehead atoms. The molecule has 15 heteroatoms. The van der Waals surface area contributed by atoms with Gasteiger partial charge in [-0.2, -0.15) is 4.99 Å². The van der Waals surface area contributed by atoms with Crippen molar-refractivity contribution in [3.63, 3.8) is 0 Å². The van der Waals surface area contributed by atoms with Gasteiger partial charge in [0.15, 0.2) is 27.3 Å². The molecule has 1 fully saturated rings. The second-order valence-corrected chi connectivity index (χ2v) is 21.7. The van der Waals surface area contributed by atoms with Gasteiger partial charge in [-0.25, -0.2) is 14.6 Å². The third-order valence-corrected chi connectivity index (χ3v) is 11.7. The average Bonchev–Trinajstić information content (AvgIpc) is 3.56. The third-order valence-electron chi connectivity index (χ3n) is 7.60. The highest BCUT2D eigenvalue weighted by Gasteiger charge is 2.39. The summed E-state index contributed by atoms with van der Waals surface area (Å²) in [6.45, 7) is 18.5. The number of para-hydroxylation sites is 1. The van der Waals surface area contributed by atoms with E-state index in [-0.39, 0.29) is 24.3 Å². The number of nitrogens with zero attached hydrogens (tertiary/aromatic N) is 7. The SMILES string of the molecule is CCOC(=O)c1nc(N(C)c2cc(C)c(N=c3sc4ccccc4n3COCC[Si](C)(C)C)nn2)sc1C1CN(C(=O)OC(C)(C)C)C1. The minimum atomic E-state index is -1.21. The summed E-state index contributed by atoms with van der Waals surface area (Å²) in [4.78, 5) is 40.0. The number of anilines is 2. The lowest BCUT2D eigenvalue weighted by molar-refractivity contribution is 0.00836. The van der Waals surface area contributed by atoms with Crippen molar-refractivity contribution in [3.05, 3.63) is 51.3 Å². The molecule has 1 aliphatic heterocycles. The molecule has 4 aromatic rings. The number of aryl methyl sites for hydroxylation is 1. The van der Waals surface area contributed by atoms with Crippen LogP contribution in [0.3, 0.4) is 0 Å². The Morgan fingerprint density at radius 1 is 1.12 bits per heavy atom. The predicted molar refractivity (Wildman–Crippen MR) is 193 cm³/mol. The lowest BCUT2D eigenvalue weighted by atomic mass is 9.97. The van der Waals surface area contributed by atoms with Crippen LogP contribution in [-0.2, 0) is 20.9 Å². The topological polar surface area (TPSA) is 124 Å². The van der Waals surface area contributed by atoms with Crippen molar-refractivity contribution in [2.75, 3.05) is 38.3 Å². The van der Waals surface area contributed by atoms with Crippen molar-refractivity contribution in [2.45, 2.75) is 78.6 Å². The number of aromatic nitrogens is 4. The smallest absolute Gasteiger partial charge is 0.410 e. The van der Waals surface area contributed by atoms with E-state index in [2.05, 4.69) is 51.5 Å². The van der Waals surface area contributed by atoms with Crippen LogP contribution in [0.15, 0.2) is 35.3 Å². The molecule has 1 aromatic carbocycles. The molecule has 0 radical (unpaired) electrons. The summed E-state index contributed by atoms with van der Waals surface area (Å²) < 4.78 is 20.1. The van der Waals surface area contributed by atoms with Crippen LogP contribution in [0.5, 0.6) is 0 Å². The van der Waals surface area contributed by atoms with Gasteiger partial charge in [-0.3, -0.25) is 4.57 Å².